The summed E-state index contributed by atoms with van der Waals surface area (Å²) < 4.78 is 0. The lowest BCUT2D eigenvalue weighted by Gasteiger charge is -2.11. The van der Waals surface area contributed by atoms with Crippen molar-refractivity contribution in [1.82, 2.24) is 4.98 Å². The Morgan fingerprint density at radius 1 is 1.60 bits per heavy atom. The smallest absolute Gasteiger partial charge is 0.287 e. The molecule has 2 aromatic rings. The number of nitro benzene ring substituents is 1. The van der Waals surface area contributed by atoms with Crippen LogP contribution < -0.4 is 5.32 Å². The van der Waals surface area contributed by atoms with Crippen molar-refractivity contribution in [2.75, 3.05) is 11.9 Å². The number of thiazole rings is 1. The normalized spacial score (nSPS) is 11.6. The zero-order valence-electron chi connectivity index (χ0n) is 10.7. The summed E-state index contributed by atoms with van der Waals surface area (Å²) in [6, 6.07) is 6.28. The third-order valence-corrected chi connectivity index (χ3v) is 3.81. The zero-order valence-corrected chi connectivity index (χ0v) is 11.6. The zero-order chi connectivity index (χ0) is 14.5. The first-order chi connectivity index (χ1) is 9.61. The van der Waals surface area contributed by atoms with Crippen LogP contribution in [0.15, 0.2) is 29.8 Å². The molecule has 1 N–H and O–H groups in total. The van der Waals surface area contributed by atoms with Gasteiger partial charge in [0.25, 0.3) is 5.69 Å². The molecule has 1 atom stereocenters. The summed E-state index contributed by atoms with van der Waals surface area (Å²) in [6.45, 7) is 2.69. The summed E-state index contributed by atoms with van der Waals surface area (Å²) in [5, 5.41) is 25.8. The summed E-state index contributed by atoms with van der Waals surface area (Å²) in [7, 11) is 0. The van der Waals surface area contributed by atoms with Crippen LogP contribution in [0.25, 0.3) is 0 Å². The van der Waals surface area contributed by atoms with E-state index in [0.717, 1.165) is 5.01 Å². The van der Waals surface area contributed by atoms with Crippen molar-refractivity contribution in [2.24, 2.45) is 0 Å². The highest BCUT2D eigenvalue weighted by Gasteiger charge is 2.14. The fraction of sp³-hybridized carbons (Fsp3) is 0.231. The number of benzene rings is 1. The standard InChI is InChI=1S/C13H12N4O2S/c1-9(13-15-4-5-20-13)8-16-11-2-3-12(17(18)19)10(6-11)7-14/h2-6,9,16H,8H2,1H3. The molecule has 6 nitrogen and oxygen atoms in total. The van der Waals surface area contributed by atoms with Gasteiger partial charge in [-0.1, -0.05) is 6.92 Å². The number of nitro groups is 1. The molecule has 0 bridgehead atoms. The molecule has 0 aliphatic rings. The fourth-order valence-corrected chi connectivity index (χ4v) is 2.43. The van der Waals surface area contributed by atoms with Gasteiger partial charge in [-0.3, -0.25) is 10.1 Å². The summed E-state index contributed by atoms with van der Waals surface area (Å²) in [5.74, 6) is 0.232. The van der Waals surface area contributed by atoms with Crippen molar-refractivity contribution < 1.29 is 4.92 Å². The van der Waals surface area contributed by atoms with E-state index in [9.17, 15) is 10.1 Å². The van der Waals surface area contributed by atoms with Gasteiger partial charge in [0.05, 0.1) is 9.93 Å². The second-order valence-electron chi connectivity index (χ2n) is 4.25. The number of nitrogens with one attached hydrogen (secondary N) is 1. The maximum absolute atomic E-state index is 10.7. The molecule has 20 heavy (non-hydrogen) atoms. The Hall–Kier alpha value is -2.46. The van der Waals surface area contributed by atoms with E-state index in [1.165, 1.54) is 12.1 Å². The highest BCUT2D eigenvalue weighted by Crippen LogP contribution is 2.23. The monoisotopic (exact) mass is 288 g/mol. The second kappa shape index (κ2) is 6.12. The Morgan fingerprint density at radius 2 is 2.40 bits per heavy atom. The molecule has 0 aliphatic carbocycles. The van der Waals surface area contributed by atoms with Gasteiger partial charge in [-0.15, -0.1) is 11.3 Å². The van der Waals surface area contributed by atoms with Gasteiger partial charge in [0.1, 0.15) is 11.6 Å². The van der Waals surface area contributed by atoms with Gasteiger partial charge < -0.3 is 5.32 Å². The summed E-state index contributed by atoms with van der Waals surface area (Å²) in [4.78, 5) is 14.4. The molecule has 0 saturated carbocycles. The Labute approximate surface area is 119 Å². The van der Waals surface area contributed by atoms with Gasteiger partial charge >= 0.3 is 0 Å². The van der Waals surface area contributed by atoms with Crippen LogP contribution in [0.2, 0.25) is 0 Å². The summed E-state index contributed by atoms with van der Waals surface area (Å²) in [5.41, 5.74) is 0.573. The van der Waals surface area contributed by atoms with E-state index in [1.807, 2.05) is 18.4 Å². The predicted octanol–water partition coefficient (Wildman–Crippen LogP) is 3.14. The first-order valence-corrected chi connectivity index (χ1v) is 6.81. The average molecular weight is 288 g/mol. The van der Waals surface area contributed by atoms with Gasteiger partial charge in [-0.25, -0.2) is 4.98 Å². The number of anilines is 1. The van der Waals surface area contributed by atoms with Crippen LogP contribution >= 0.6 is 11.3 Å². The number of hydrogen-bond donors (Lipinski definition) is 1. The molecule has 1 aromatic carbocycles. The SMILES string of the molecule is CC(CNc1ccc([N+](=O)[O-])c(C#N)c1)c1nccs1. The molecule has 7 heteroatoms. The van der Waals surface area contributed by atoms with E-state index in [0.29, 0.717) is 12.2 Å². The van der Waals surface area contributed by atoms with Crippen LogP contribution in [0.5, 0.6) is 0 Å². The number of rotatable bonds is 5. The highest BCUT2D eigenvalue weighted by molar-refractivity contribution is 7.09. The first-order valence-electron chi connectivity index (χ1n) is 5.93. The van der Waals surface area contributed by atoms with Crippen LogP contribution in [0, 0.1) is 21.4 Å². The van der Waals surface area contributed by atoms with E-state index in [-0.39, 0.29) is 17.2 Å². The molecule has 102 valence electrons. The van der Waals surface area contributed by atoms with Crippen molar-refractivity contribution in [1.29, 1.82) is 5.26 Å². The first kappa shape index (κ1) is 14.0. The molecule has 0 radical (unpaired) electrons. The molecule has 1 heterocycles. The summed E-state index contributed by atoms with van der Waals surface area (Å²) >= 11 is 1.59. The van der Waals surface area contributed by atoms with Gasteiger partial charge in [-0.2, -0.15) is 5.26 Å². The number of nitrogens with zero attached hydrogens (tertiary/aromatic N) is 3. The van der Waals surface area contributed by atoms with Crippen LogP contribution in [-0.4, -0.2) is 16.5 Å². The van der Waals surface area contributed by atoms with Gasteiger partial charge in [0.15, 0.2) is 0 Å². The van der Waals surface area contributed by atoms with E-state index in [1.54, 1.807) is 23.6 Å². The largest absolute Gasteiger partial charge is 0.384 e. The molecule has 2 rings (SSSR count). The van der Waals surface area contributed by atoms with E-state index in [2.05, 4.69) is 10.3 Å². The molecular formula is C13H12N4O2S. The van der Waals surface area contributed by atoms with Gasteiger partial charge in [-0.05, 0) is 12.1 Å². The second-order valence-corrected chi connectivity index (χ2v) is 5.18. The molecule has 0 spiro atoms. The maximum Gasteiger partial charge on any atom is 0.287 e. The Morgan fingerprint density at radius 3 is 3.00 bits per heavy atom. The topological polar surface area (TPSA) is 91.9 Å². The molecule has 0 aliphatic heterocycles. The molecule has 0 fully saturated rings. The van der Waals surface area contributed by atoms with Gasteiger partial charge in [0.2, 0.25) is 0 Å². The highest BCUT2D eigenvalue weighted by atomic mass is 32.1. The number of hydrogen-bond acceptors (Lipinski definition) is 6. The van der Waals surface area contributed by atoms with Crippen molar-refractivity contribution in [3.8, 4) is 6.07 Å². The quantitative estimate of drug-likeness (QED) is 0.674. The molecule has 0 saturated heterocycles. The van der Waals surface area contributed by atoms with E-state index in [4.69, 9.17) is 5.26 Å². The predicted molar refractivity (Wildman–Crippen MR) is 76.8 cm³/mol. The van der Waals surface area contributed by atoms with Crippen molar-refractivity contribution in [2.45, 2.75) is 12.8 Å². The Balaban J connectivity index is 2.07. The van der Waals surface area contributed by atoms with E-state index < -0.39 is 4.92 Å². The van der Waals surface area contributed by atoms with Crippen LogP contribution in [0.4, 0.5) is 11.4 Å². The number of nitriles is 1. The average Bonchev–Trinajstić information content (AvgIpc) is 2.98. The molecule has 1 aromatic heterocycles. The van der Waals surface area contributed by atoms with Crippen LogP contribution in [0.3, 0.4) is 0 Å². The van der Waals surface area contributed by atoms with Crippen molar-refractivity contribution >= 4 is 22.7 Å². The minimum Gasteiger partial charge on any atom is -0.384 e. The van der Waals surface area contributed by atoms with Gasteiger partial charge in [0, 0.05) is 35.8 Å². The third-order valence-electron chi connectivity index (χ3n) is 2.80. The lowest BCUT2D eigenvalue weighted by molar-refractivity contribution is -0.385. The van der Waals surface area contributed by atoms with Crippen molar-refractivity contribution in [3.63, 3.8) is 0 Å². The fourth-order valence-electron chi connectivity index (χ4n) is 1.73. The minimum absolute atomic E-state index is 0.0573. The Bertz CT molecular complexity index is 649. The lowest BCUT2D eigenvalue weighted by Crippen LogP contribution is -2.09. The maximum atomic E-state index is 10.7. The van der Waals surface area contributed by atoms with Crippen LogP contribution in [0.1, 0.15) is 23.4 Å². The minimum atomic E-state index is -0.555. The summed E-state index contributed by atoms with van der Waals surface area (Å²) in [6.07, 6.45) is 1.76. The molecular weight excluding hydrogens is 276 g/mol. The van der Waals surface area contributed by atoms with Crippen molar-refractivity contribution in [3.05, 3.63) is 50.5 Å². The Kier molecular flexibility index (Phi) is 4.27. The van der Waals surface area contributed by atoms with E-state index >= 15 is 0 Å². The lowest BCUT2D eigenvalue weighted by atomic mass is 10.1. The third kappa shape index (κ3) is 3.10. The van der Waals surface area contributed by atoms with Crippen LogP contribution in [-0.2, 0) is 0 Å². The molecule has 1 unspecified atom stereocenters. The number of aromatic nitrogens is 1. The molecule has 0 amide bonds.